The van der Waals surface area contributed by atoms with Gasteiger partial charge in [-0.3, -0.25) is 19.3 Å². The van der Waals surface area contributed by atoms with Gasteiger partial charge in [-0.2, -0.15) is 0 Å². The number of nitrogens with zero attached hydrogens (tertiary/aromatic N) is 1. The zero-order valence-corrected chi connectivity index (χ0v) is 43.7. The molecule has 0 spiro atoms. The van der Waals surface area contributed by atoms with E-state index in [9.17, 15) is 14.4 Å². The molecule has 0 unspecified atom stereocenters. The van der Waals surface area contributed by atoms with Crippen LogP contribution in [0.2, 0.25) is 0 Å². The van der Waals surface area contributed by atoms with Crippen molar-refractivity contribution in [2.75, 3.05) is 26.4 Å². The van der Waals surface area contributed by atoms with E-state index >= 15 is 0 Å². The maximum Gasteiger partial charge on any atom is 0.220 e. The lowest BCUT2D eigenvalue weighted by atomic mass is 10.1. The van der Waals surface area contributed by atoms with Crippen LogP contribution in [0.5, 0.6) is 0 Å². The molecule has 0 aliphatic rings. The van der Waals surface area contributed by atoms with E-state index in [1.165, 1.54) is 199 Å². The molecule has 0 saturated carbocycles. The summed E-state index contributed by atoms with van der Waals surface area (Å²) in [6.45, 7) is 8.60. The van der Waals surface area contributed by atoms with Gasteiger partial charge >= 0.3 is 0 Å². The molecule has 0 heterocycles. The van der Waals surface area contributed by atoms with Gasteiger partial charge in [-0.05, 0) is 96.3 Å². The highest BCUT2D eigenvalue weighted by molar-refractivity contribution is 5.76. The molecule has 0 aromatic heterocycles. The van der Waals surface area contributed by atoms with Crippen molar-refractivity contribution in [1.82, 2.24) is 20.9 Å². The average Bonchev–Trinajstić information content (AvgIpc) is 3.30. The van der Waals surface area contributed by atoms with Gasteiger partial charge in [0.25, 0.3) is 0 Å². The summed E-state index contributed by atoms with van der Waals surface area (Å²) < 4.78 is 0. The van der Waals surface area contributed by atoms with Gasteiger partial charge < -0.3 is 16.0 Å². The first-order chi connectivity index (χ1) is 32.0. The number of unbranched alkanes of at least 4 members (excludes halogenated alkanes) is 33. The summed E-state index contributed by atoms with van der Waals surface area (Å²) in [7, 11) is 0. The second kappa shape index (κ2) is 59.7. The smallest absolute Gasteiger partial charge is 0.220 e. The number of allylic oxidation sites excluding steroid dienone is 6. The predicted molar refractivity (Wildman–Crippen MR) is 298 cm³/mol. The molecule has 0 aliphatic carbocycles. The zero-order chi connectivity index (χ0) is 47.2. The minimum atomic E-state index is 0. The molecular formula is C60H118N4O3. The molecule has 0 aromatic rings. The molecule has 0 fully saturated rings. The van der Waals surface area contributed by atoms with Gasteiger partial charge in [-0.25, -0.2) is 0 Å². The third kappa shape index (κ3) is 57.8. The number of carbonyl (C=O) groups is 3. The number of hydrogen-bond donors (Lipinski definition) is 3. The molecular weight excluding hydrogens is 825 g/mol. The summed E-state index contributed by atoms with van der Waals surface area (Å²) in [6.07, 6.45) is 64.2. The van der Waals surface area contributed by atoms with Crippen LogP contribution >= 0.6 is 0 Å². The summed E-state index contributed by atoms with van der Waals surface area (Å²) in [4.78, 5) is 40.2. The van der Waals surface area contributed by atoms with Crippen molar-refractivity contribution < 1.29 is 14.4 Å². The van der Waals surface area contributed by atoms with Crippen molar-refractivity contribution in [3.8, 4) is 0 Å². The van der Waals surface area contributed by atoms with E-state index in [4.69, 9.17) is 0 Å². The van der Waals surface area contributed by atoms with Gasteiger partial charge in [-0.15, -0.1) is 0 Å². The normalized spacial score (nSPS) is 11.5. The summed E-state index contributed by atoms with van der Waals surface area (Å²) in [5, 5.41) is 9.25. The Morgan fingerprint density at radius 2 is 0.537 bits per heavy atom. The Morgan fingerprint density at radius 1 is 0.313 bits per heavy atom. The highest BCUT2D eigenvalue weighted by atomic mass is 16.2. The fourth-order valence-corrected chi connectivity index (χ4v) is 8.30. The lowest BCUT2D eigenvalue weighted by Crippen LogP contribution is -2.46. The van der Waals surface area contributed by atoms with Crippen LogP contribution in [-0.2, 0) is 14.4 Å². The summed E-state index contributed by atoms with van der Waals surface area (Å²) in [5.41, 5.74) is 0. The Kier molecular flexibility index (Phi) is 61.4. The van der Waals surface area contributed by atoms with E-state index in [2.05, 4.69) is 73.2 Å². The van der Waals surface area contributed by atoms with Crippen LogP contribution < -0.4 is 16.0 Å². The van der Waals surface area contributed by atoms with E-state index in [1.807, 2.05) is 4.90 Å². The molecule has 0 aliphatic heterocycles. The lowest BCUT2D eigenvalue weighted by Gasteiger charge is -2.23. The van der Waals surface area contributed by atoms with Crippen molar-refractivity contribution >= 4 is 17.7 Å². The molecule has 0 saturated heterocycles. The van der Waals surface area contributed by atoms with E-state index in [1.54, 1.807) is 0 Å². The molecule has 0 atom stereocenters. The van der Waals surface area contributed by atoms with E-state index in [-0.39, 0.29) is 32.6 Å². The SMILES string of the molecule is C.C.CCCCCCCC/C=C/CCCCCCCC(=O)NCCN(CNC(=O)CCCCCCC/C=C/CCCCCCCC)CNC(=O)CCCCCCC/C=C/CCCCCCCC. The summed E-state index contributed by atoms with van der Waals surface area (Å²) >= 11 is 0. The summed E-state index contributed by atoms with van der Waals surface area (Å²) in [5.74, 6) is 0.199. The topological polar surface area (TPSA) is 90.5 Å². The van der Waals surface area contributed by atoms with Crippen molar-refractivity contribution in [2.45, 2.75) is 305 Å². The largest absolute Gasteiger partial charge is 0.355 e. The van der Waals surface area contributed by atoms with Crippen LogP contribution in [0.3, 0.4) is 0 Å². The second-order valence-corrected chi connectivity index (χ2v) is 19.3. The average molecular weight is 944 g/mol. The second-order valence-electron chi connectivity index (χ2n) is 19.3. The molecule has 0 rings (SSSR count). The third-order valence-electron chi connectivity index (χ3n) is 12.7. The molecule has 0 bridgehead atoms. The Bertz CT molecular complexity index is 1050. The number of carbonyl (C=O) groups excluding carboxylic acids is 3. The Morgan fingerprint density at radius 3 is 0.806 bits per heavy atom. The fourth-order valence-electron chi connectivity index (χ4n) is 8.30. The molecule has 396 valence electrons. The first kappa shape index (κ1) is 68.9. The minimum Gasteiger partial charge on any atom is -0.355 e. The van der Waals surface area contributed by atoms with E-state index in [0.717, 1.165) is 51.4 Å². The first-order valence-electron chi connectivity index (χ1n) is 28.5. The zero-order valence-electron chi connectivity index (χ0n) is 43.7. The van der Waals surface area contributed by atoms with E-state index in [0.29, 0.717) is 45.7 Å². The summed E-state index contributed by atoms with van der Waals surface area (Å²) in [6, 6.07) is 0. The van der Waals surface area contributed by atoms with E-state index < -0.39 is 0 Å². The van der Waals surface area contributed by atoms with Crippen LogP contribution in [-0.4, -0.2) is 49.0 Å². The van der Waals surface area contributed by atoms with Crippen LogP contribution in [0.25, 0.3) is 0 Å². The number of rotatable bonds is 52. The third-order valence-corrected chi connectivity index (χ3v) is 12.7. The van der Waals surface area contributed by atoms with Gasteiger partial charge in [0.1, 0.15) is 0 Å². The van der Waals surface area contributed by atoms with Crippen molar-refractivity contribution in [1.29, 1.82) is 0 Å². The lowest BCUT2D eigenvalue weighted by molar-refractivity contribution is -0.123. The Labute approximate surface area is 419 Å². The Balaban J connectivity index is -0.0000205. The molecule has 0 radical (unpaired) electrons. The van der Waals surface area contributed by atoms with Gasteiger partial charge in [0.15, 0.2) is 0 Å². The van der Waals surface area contributed by atoms with Gasteiger partial charge in [0, 0.05) is 32.4 Å². The van der Waals surface area contributed by atoms with Crippen LogP contribution in [0, 0.1) is 0 Å². The van der Waals surface area contributed by atoms with Gasteiger partial charge in [-0.1, -0.05) is 226 Å². The van der Waals surface area contributed by atoms with Gasteiger partial charge in [0.2, 0.25) is 17.7 Å². The minimum absolute atomic E-state index is 0. The standard InChI is InChI=1S/C58H110N4O3.2CH4/c1-4-7-10-13-16-19-22-25-28-31-34-37-40-43-46-49-56(63)59-52-53-62(54-60-57(64)50-47-44-41-38-35-32-29-26-23-20-17-14-11-8-5-2)55-61-58(65)51-48-45-42-39-36-33-30-27-24-21-18-15-12-9-6-3;;/h25-30H,4-24,31-55H2,1-3H3,(H,59,63)(H,60,64)(H,61,65);2*1H4/b28-25+,29-26+,30-27+;;. The number of nitrogens with one attached hydrogen (secondary N) is 3. The van der Waals surface area contributed by atoms with Crippen LogP contribution in [0.1, 0.15) is 305 Å². The molecule has 0 aromatic carbocycles. The molecule has 3 amide bonds. The van der Waals surface area contributed by atoms with Crippen molar-refractivity contribution in [3.05, 3.63) is 36.5 Å². The van der Waals surface area contributed by atoms with Crippen molar-refractivity contribution in [2.24, 2.45) is 0 Å². The fraction of sp³-hybridized carbons (Fsp3) is 0.850. The molecule has 3 N–H and O–H groups in total. The quantitative estimate of drug-likeness (QED) is 0.0322. The Hall–Kier alpha value is -2.41. The maximum absolute atomic E-state index is 12.8. The van der Waals surface area contributed by atoms with Gasteiger partial charge in [0.05, 0.1) is 13.3 Å². The maximum atomic E-state index is 12.8. The van der Waals surface area contributed by atoms with Crippen LogP contribution in [0.4, 0.5) is 0 Å². The highest BCUT2D eigenvalue weighted by Gasteiger charge is 2.11. The van der Waals surface area contributed by atoms with Crippen LogP contribution in [0.15, 0.2) is 36.5 Å². The highest BCUT2D eigenvalue weighted by Crippen LogP contribution is 2.13. The monoisotopic (exact) mass is 943 g/mol. The number of amides is 3. The predicted octanol–water partition coefficient (Wildman–Crippen LogP) is 17.9. The number of hydrogen-bond acceptors (Lipinski definition) is 4. The van der Waals surface area contributed by atoms with Crippen molar-refractivity contribution in [3.63, 3.8) is 0 Å². The first-order valence-corrected chi connectivity index (χ1v) is 28.5. The molecule has 7 nitrogen and oxygen atoms in total. The molecule has 7 heteroatoms. The molecule has 67 heavy (non-hydrogen) atoms.